The monoisotopic (exact) mass is 428 g/mol. The summed E-state index contributed by atoms with van der Waals surface area (Å²) in [5.41, 5.74) is 4.12. The summed E-state index contributed by atoms with van der Waals surface area (Å²) >= 11 is 0. The van der Waals surface area contributed by atoms with Gasteiger partial charge in [-0.2, -0.15) is 5.10 Å². The van der Waals surface area contributed by atoms with Crippen LogP contribution < -0.4 is 0 Å². The molecule has 1 aliphatic heterocycles. The zero-order valence-electron chi connectivity index (χ0n) is 18.6. The summed E-state index contributed by atoms with van der Waals surface area (Å²) < 4.78 is 3.75. The van der Waals surface area contributed by atoms with Crippen molar-refractivity contribution in [3.05, 3.63) is 77.7 Å². The maximum atomic E-state index is 13.2. The van der Waals surface area contributed by atoms with E-state index in [-0.39, 0.29) is 12.5 Å². The molecule has 5 rings (SSSR count). The molecule has 0 radical (unpaired) electrons. The number of pyridine rings is 1. The van der Waals surface area contributed by atoms with E-state index in [1.54, 1.807) is 4.68 Å². The number of piperazine rings is 1. The van der Waals surface area contributed by atoms with E-state index in [0.29, 0.717) is 0 Å². The van der Waals surface area contributed by atoms with Gasteiger partial charge >= 0.3 is 0 Å². The van der Waals surface area contributed by atoms with Gasteiger partial charge in [0.05, 0.1) is 5.39 Å². The molecule has 1 aliphatic rings. The molecule has 0 atom stereocenters. The van der Waals surface area contributed by atoms with Gasteiger partial charge in [0.25, 0.3) is 0 Å². The predicted octanol–water partition coefficient (Wildman–Crippen LogP) is 3.18. The van der Waals surface area contributed by atoms with E-state index in [1.807, 2.05) is 47.0 Å². The minimum absolute atomic E-state index is 0.0915. The van der Waals surface area contributed by atoms with E-state index in [9.17, 15) is 4.79 Å². The molecule has 1 aromatic carbocycles. The van der Waals surface area contributed by atoms with Crippen molar-refractivity contribution >= 4 is 16.9 Å². The van der Waals surface area contributed by atoms with Crippen molar-refractivity contribution in [1.82, 2.24) is 29.1 Å². The van der Waals surface area contributed by atoms with Crippen LogP contribution in [0.4, 0.5) is 0 Å². The Morgan fingerprint density at radius 1 is 0.969 bits per heavy atom. The van der Waals surface area contributed by atoms with Crippen molar-refractivity contribution in [1.29, 1.82) is 0 Å². The average Bonchev–Trinajstić information content (AvgIpc) is 3.44. The molecule has 32 heavy (non-hydrogen) atoms. The molecule has 0 aliphatic carbocycles. The van der Waals surface area contributed by atoms with Crippen molar-refractivity contribution in [2.75, 3.05) is 26.2 Å². The molecule has 0 spiro atoms. The number of rotatable bonds is 5. The SMILES string of the molecule is Cc1cc(C)c2c(-n3cccc3)nn(CC(=O)N3CCN(Cc4ccccc4)CC3)c2n1. The molecule has 1 saturated heterocycles. The van der Waals surface area contributed by atoms with Crippen LogP contribution in [0.5, 0.6) is 0 Å². The van der Waals surface area contributed by atoms with Crippen LogP contribution in [-0.2, 0) is 17.9 Å². The molecular formula is C25H28N6O. The van der Waals surface area contributed by atoms with Gasteiger partial charge in [-0.1, -0.05) is 30.3 Å². The maximum absolute atomic E-state index is 13.2. The van der Waals surface area contributed by atoms with E-state index in [0.717, 1.165) is 60.8 Å². The number of carbonyl (C=O) groups is 1. The molecule has 0 bridgehead atoms. The van der Waals surface area contributed by atoms with Crippen LogP contribution in [0.3, 0.4) is 0 Å². The number of nitrogens with zero attached hydrogens (tertiary/aromatic N) is 6. The van der Waals surface area contributed by atoms with Gasteiger partial charge in [-0.15, -0.1) is 0 Å². The average molecular weight is 429 g/mol. The lowest BCUT2D eigenvalue weighted by Crippen LogP contribution is -2.49. The highest BCUT2D eigenvalue weighted by Crippen LogP contribution is 2.25. The standard InChI is InChI=1S/C25H28N6O/c1-19-16-20(2)26-24-23(19)25(30-10-6-7-11-30)27-31(24)18-22(32)29-14-12-28(13-15-29)17-21-8-4-3-5-9-21/h3-11,16H,12-15,17-18H2,1-2H3. The fourth-order valence-electron chi connectivity index (χ4n) is 4.48. The first-order valence-corrected chi connectivity index (χ1v) is 11.1. The number of aryl methyl sites for hydroxylation is 2. The second kappa shape index (κ2) is 8.59. The van der Waals surface area contributed by atoms with E-state index in [2.05, 4.69) is 42.2 Å². The van der Waals surface area contributed by atoms with Crippen molar-refractivity contribution in [2.45, 2.75) is 26.9 Å². The fourth-order valence-corrected chi connectivity index (χ4v) is 4.48. The topological polar surface area (TPSA) is 59.2 Å². The van der Waals surface area contributed by atoms with Crippen LogP contribution in [0.1, 0.15) is 16.8 Å². The molecular weight excluding hydrogens is 400 g/mol. The Morgan fingerprint density at radius 3 is 2.41 bits per heavy atom. The minimum atomic E-state index is 0.0915. The molecule has 164 valence electrons. The summed E-state index contributed by atoms with van der Waals surface area (Å²) in [4.78, 5) is 22.2. The van der Waals surface area contributed by atoms with Crippen molar-refractivity contribution in [2.24, 2.45) is 0 Å². The molecule has 1 fully saturated rings. The Balaban J connectivity index is 1.32. The Labute approximate surface area is 187 Å². The molecule has 3 aromatic heterocycles. The third-order valence-electron chi connectivity index (χ3n) is 6.12. The highest BCUT2D eigenvalue weighted by molar-refractivity contribution is 5.88. The largest absolute Gasteiger partial charge is 0.339 e. The molecule has 0 unspecified atom stereocenters. The first-order chi connectivity index (χ1) is 15.6. The van der Waals surface area contributed by atoms with Gasteiger partial charge in [-0.05, 0) is 43.2 Å². The van der Waals surface area contributed by atoms with Crippen LogP contribution in [0, 0.1) is 13.8 Å². The minimum Gasteiger partial charge on any atom is -0.339 e. The summed E-state index contributed by atoms with van der Waals surface area (Å²) in [5, 5.41) is 5.79. The fraction of sp³-hybridized carbons (Fsp3) is 0.320. The van der Waals surface area contributed by atoms with Crippen LogP contribution in [0.25, 0.3) is 16.9 Å². The number of amides is 1. The number of fused-ring (bicyclic) bond motifs is 1. The highest BCUT2D eigenvalue weighted by Gasteiger charge is 2.24. The lowest BCUT2D eigenvalue weighted by atomic mass is 10.2. The Kier molecular flexibility index (Phi) is 5.49. The zero-order valence-corrected chi connectivity index (χ0v) is 18.6. The number of hydrogen-bond acceptors (Lipinski definition) is 4. The Morgan fingerprint density at radius 2 is 1.69 bits per heavy atom. The van der Waals surface area contributed by atoms with E-state index in [1.165, 1.54) is 5.56 Å². The second-order valence-corrected chi connectivity index (χ2v) is 8.49. The van der Waals surface area contributed by atoms with Crippen molar-refractivity contribution < 1.29 is 4.79 Å². The summed E-state index contributed by atoms with van der Waals surface area (Å²) in [5.74, 6) is 0.907. The third-order valence-corrected chi connectivity index (χ3v) is 6.12. The summed E-state index contributed by atoms with van der Waals surface area (Å²) in [6.07, 6.45) is 3.94. The second-order valence-electron chi connectivity index (χ2n) is 8.49. The molecule has 0 N–H and O–H groups in total. The smallest absolute Gasteiger partial charge is 0.244 e. The molecule has 4 heterocycles. The van der Waals surface area contributed by atoms with E-state index < -0.39 is 0 Å². The number of benzene rings is 1. The summed E-state index contributed by atoms with van der Waals surface area (Å²) in [7, 11) is 0. The van der Waals surface area contributed by atoms with Crippen molar-refractivity contribution in [3.8, 4) is 5.82 Å². The zero-order chi connectivity index (χ0) is 22.1. The lowest BCUT2D eigenvalue weighted by molar-refractivity contribution is -0.133. The number of aromatic nitrogens is 4. The van der Waals surface area contributed by atoms with Crippen molar-refractivity contribution in [3.63, 3.8) is 0 Å². The van der Waals surface area contributed by atoms with Crippen LogP contribution in [0.15, 0.2) is 60.9 Å². The normalized spacial score (nSPS) is 14.9. The number of carbonyl (C=O) groups excluding carboxylic acids is 1. The summed E-state index contributed by atoms with van der Waals surface area (Å²) in [6.45, 7) is 8.41. The van der Waals surface area contributed by atoms with Gasteiger partial charge in [-0.25, -0.2) is 9.67 Å². The molecule has 7 heteroatoms. The predicted molar refractivity (Wildman–Crippen MR) is 125 cm³/mol. The first-order valence-electron chi connectivity index (χ1n) is 11.1. The lowest BCUT2D eigenvalue weighted by Gasteiger charge is -2.34. The van der Waals surface area contributed by atoms with Crippen LogP contribution in [0.2, 0.25) is 0 Å². The molecule has 7 nitrogen and oxygen atoms in total. The Bertz CT molecular complexity index is 1220. The van der Waals surface area contributed by atoms with Gasteiger partial charge in [0.1, 0.15) is 6.54 Å². The van der Waals surface area contributed by atoms with Gasteiger partial charge < -0.3 is 9.47 Å². The molecule has 0 saturated carbocycles. The maximum Gasteiger partial charge on any atom is 0.244 e. The quantitative estimate of drug-likeness (QED) is 0.490. The first kappa shape index (κ1) is 20.5. The van der Waals surface area contributed by atoms with E-state index >= 15 is 0 Å². The van der Waals surface area contributed by atoms with E-state index in [4.69, 9.17) is 10.1 Å². The third kappa shape index (κ3) is 4.03. The van der Waals surface area contributed by atoms with Gasteiger partial charge in [0.15, 0.2) is 11.5 Å². The molecule has 1 amide bonds. The van der Waals surface area contributed by atoms with Crippen LogP contribution >= 0.6 is 0 Å². The van der Waals surface area contributed by atoms with Gasteiger partial charge in [0.2, 0.25) is 5.91 Å². The van der Waals surface area contributed by atoms with Crippen LogP contribution in [-0.4, -0.2) is 61.2 Å². The van der Waals surface area contributed by atoms with Gasteiger partial charge in [-0.3, -0.25) is 9.69 Å². The Hall–Kier alpha value is -3.45. The molecule has 4 aromatic rings. The highest BCUT2D eigenvalue weighted by atomic mass is 16.2. The summed E-state index contributed by atoms with van der Waals surface area (Å²) in [6, 6.07) is 16.5. The van der Waals surface area contributed by atoms with Gasteiger partial charge in [0, 0.05) is 50.8 Å². The number of hydrogen-bond donors (Lipinski definition) is 0.